The molecule has 0 spiro atoms. The van der Waals surface area contributed by atoms with E-state index in [1.807, 2.05) is 0 Å². The molecule has 0 fully saturated rings. The third-order valence-corrected chi connectivity index (χ3v) is 15.0. The van der Waals surface area contributed by atoms with Gasteiger partial charge in [0, 0.05) is 0 Å². The second-order valence-corrected chi connectivity index (χ2v) is 30.2. The molecule has 0 unspecified atom stereocenters. The Labute approximate surface area is 477 Å². The van der Waals surface area contributed by atoms with Gasteiger partial charge in [-0.15, -0.1) is 0 Å². The molecule has 414 valence electrons. The minimum atomic E-state index is 0.154. The fraction of sp³-hybridized carbons (Fsp3) is 0.410. The number of benzene rings is 8. The van der Waals surface area contributed by atoms with Gasteiger partial charge in [-0.1, -0.05) is 348 Å². The van der Waals surface area contributed by atoms with Crippen LogP contribution in [0.1, 0.15) is 211 Å². The van der Waals surface area contributed by atoms with Gasteiger partial charge in [-0.3, -0.25) is 0 Å². The molecule has 0 amide bonds. The lowest BCUT2D eigenvalue weighted by molar-refractivity contribution is 0.585. The number of rotatable bonds is 3. The fourth-order valence-corrected chi connectivity index (χ4v) is 9.58. The maximum atomic E-state index is 2.32. The van der Waals surface area contributed by atoms with Crippen LogP contribution in [0.3, 0.4) is 0 Å². The summed E-state index contributed by atoms with van der Waals surface area (Å²) in [5.74, 6) is 0. The summed E-state index contributed by atoms with van der Waals surface area (Å²) in [6, 6.07) is 67.0. The smallest absolute Gasteiger partial charge is 0.0126 e. The van der Waals surface area contributed by atoms with Gasteiger partial charge in [-0.05, 0) is 132 Å². The van der Waals surface area contributed by atoms with E-state index in [1.165, 1.54) is 88.7 Å². The van der Waals surface area contributed by atoms with Crippen LogP contribution in [0, 0.1) is 0 Å². The third-order valence-electron chi connectivity index (χ3n) is 15.0. The molecule has 0 aliphatic rings. The minimum absolute atomic E-state index is 0.154. The molecule has 0 saturated heterocycles. The van der Waals surface area contributed by atoms with Crippen molar-refractivity contribution in [1.29, 1.82) is 0 Å². The number of fused-ring (bicyclic) bond motifs is 1. The molecule has 0 saturated carbocycles. The lowest BCUT2D eigenvalue weighted by Gasteiger charge is -2.27. The highest BCUT2D eigenvalue weighted by Crippen LogP contribution is 2.39. The molecule has 0 N–H and O–H groups in total. The van der Waals surface area contributed by atoms with Crippen molar-refractivity contribution >= 4 is 10.8 Å². The van der Waals surface area contributed by atoms with Crippen molar-refractivity contribution in [3.8, 4) is 33.4 Å². The van der Waals surface area contributed by atoms with Gasteiger partial charge in [-0.25, -0.2) is 0 Å². The highest BCUT2D eigenvalue weighted by atomic mass is 14.3. The van der Waals surface area contributed by atoms with E-state index in [-0.39, 0.29) is 43.3 Å². The molecule has 0 heterocycles. The lowest BCUT2D eigenvalue weighted by Crippen LogP contribution is -2.16. The molecule has 8 aromatic rings. The van der Waals surface area contributed by atoms with Crippen LogP contribution in [0.5, 0.6) is 0 Å². The molecule has 8 rings (SSSR count). The molecule has 78 heavy (non-hydrogen) atoms. The normalized spacial score (nSPS) is 12.6. The minimum Gasteiger partial charge on any atom is -0.0619 e. The van der Waals surface area contributed by atoms with Crippen molar-refractivity contribution in [3.63, 3.8) is 0 Å². The van der Waals surface area contributed by atoms with Crippen LogP contribution in [-0.2, 0) is 43.3 Å². The van der Waals surface area contributed by atoms with Crippen molar-refractivity contribution in [1.82, 2.24) is 0 Å². The first-order chi connectivity index (χ1) is 35.7. The second kappa shape index (κ2) is 24.2. The van der Waals surface area contributed by atoms with Gasteiger partial charge in [0.2, 0.25) is 0 Å². The van der Waals surface area contributed by atoms with Crippen molar-refractivity contribution in [2.75, 3.05) is 0 Å². The van der Waals surface area contributed by atoms with Crippen LogP contribution in [0.2, 0.25) is 0 Å². The predicted molar refractivity (Wildman–Crippen MR) is 349 cm³/mol. The highest BCUT2D eigenvalue weighted by molar-refractivity contribution is 5.84. The Morgan fingerprint density at radius 2 is 0.436 bits per heavy atom. The molecule has 0 aliphatic carbocycles. The van der Waals surface area contributed by atoms with Gasteiger partial charge in [0.05, 0.1) is 0 Å². The number of hydrogen-bond donors (Lipinski definition) is 0. The molecule has 0 bridgehead atoms. The molecule has 8 aromatic carbocycles. The van der Waals surface area contributed by atoms with E-state index in [4.69, 9.17) is 0 Å². The largest absolute Gasteiger partial charge is 0.0619 e. The standard InChI is InChI=1S/3C20H26.C18H24/c1-19(2,3)17-11-7-15(8-12-17)16-9-13-18(14-10-16)20(4,5)6;1-19(2,3)17-11-7-9-15(13-17)16-10-8-12-18(14-16)20(4,5)6;1-19(2,3)17-13-9-7-11-15(17)16-12-8-10-14-18(16)20(4,5)6;1-17(2,3)15-9-7-14-12-16(18(4,5)6)10-8-13(14)11-15/h3*7-14H,1-6H3;7-12H,1-6H3. The van der Waals surface area contributed by atoms with Crippen LogP contribution in [0.4, 0.5) is 0 Å². The first-order valence-corrected chi connectivity index (χ1v) is 28.9. The number of hydrogen-bond acceptors (Lipinski definition) is 0. The van der Waals surface area contributed by atoms with Crippen LogP contribution in [0.25, 0.3) is 44.2 Å². The average Bonchev–Trinajstić information content (AvgIpc) is 3.36. The van der Waals surface area contributed by atoms with Crippen LogP contribution < -0.4 is 0 Å². The fourth-order valence-electron chi connectivity index (χ4n) is 9.58. The van der Waals surface area contributed by atoms with Gasteiger partial charge in [0.25, 0.3) is 0 Å². The van der Waals surface area contributed by atoms with Gasteiger partial charge >= 0.3 is 0 Å². The quantitative estimate of drug-likeness (QED) is 0.165. The van der Waals surface area contributed by atoms with E-state index in [0.29, 0.717) is 0 Å². The summed E-state index contributed by atoms with van der Waals surface area (Å²) in [5.41, 5.74) is 20.7. The summed E-state index contributed by atoms with van der Waals surface area (Å²) in [6.45, 7) is 54.3. The average molecular weight is 1040 g/mol. The summed E-state index contributed by atoms with van der Waals surface area (Å²) in [6.07, 6.45) is 0. The molecule has 0 aliphatic heterocycles. The Hall–Kier alpha value is -5.98. The van der Waals surface area contributed by atoms with Gasteiger partial charge in [-0.2, -0.15) is 0 Å². The third kappa shape index (κ3) is 17.5. The Bertz CT molecular complexity index is 2960. The monoisotopic (exact) mass is 1040 g/mol. The van der Waals surface area contributed by atoms with Gasteiger partial charge in [0.15, 0.2) is 0 Å². The SMILES string of the molecule is CC(C)(C)c1ccc(-c2ccc(C(C)(C)C)cc2)cc1.CC(C)(C)c1ccc2cc(C(C)(C)C)ccc2c1.CC(C)(C)c1cccc(-c2cccc(C(C)(C)C)c2)c1.CC(C)(C)c1ccccc1-c1ccccc1C(C)(C)C. The van der Waals surface area contributed by atoms with E-state index in [1.54, 1.807) is 0 Å². The summed E-state index contributed by atoms with van der Waals surface area (Å²) in [7, 11) is 0. The van der Waals surface area contributed by atoms with Crippen molar-refractivity contribution < 1.29 is 0 Å². The molecular weight excluding hydrogens is 937 g/mol. The van der Waals surface area contributed by atoms with Crippen molar-refractivity contribution in [2.45, 2.75) is 209 Å². The lowest BCUT2D eigenvalue weighted by atomic mass is 9.77. The molecule has 0 atom stereocenters. The van der Waals surface area contributed by atoms with Crippen molar-refractivity contribution in [3.05, 3.63) is 226 Å². The second-order valence-electron chi connectivity index (χ2n) is 30.2. The van der Waals surface area contributed by atoms with Gasteiger partial charge in [0.1, 0.15) is 0 Å². The van der Waals surface area contributed by atoms with E-state index in [9.17, 15) is 0 Å². The zero-order valence-corrected chi connectivity index (χ0v) is 53.3. The summed E-state index contributed by atoms with van der Waals surface area (Å²) < 4.78 is 0. The molecule has 0 nitrogen and oxygen atoms in total. The first-order valence-electron chi connectivity index (χ1n) is 28.9. The van der Waals surface area contributed by atoms with Crippen LogP contribution in [-0.4, -0.2) is 0 Å². The summed E-state index contributed by atoms with van der Waals surface area (Å²) in [4.78, 5) is 0. The Balaban J connectivity index is 0.000000192. The molecule has 0 radical (unpaired) electrons. The van der Waals surface area contributed by atoms with Crippen LogP contribution >= 0.6 is 0 Å². The molecular formula is C78H102. The van der Waals surface area contributed by atoms with E-state index >= 15 is 0 Å². The maximum absolute atomic E-state index is 2.32. The zero-order valence-electron chi connectivity index (χ0n) is 53.3. The molecule has 0 heteroatoms. The summed E-state index contributed by atoms with van der Waals surface area (Å²) >= 11 is 0. The maximum Gasteiger partial charge on any atom is -0.0126 e. The topological polar surface area (TPSA) is 0 Å². The van der Waals surface area contributed by atoms with E-state index in [2.05, 4.69) is 348 Å². The Kier molecular flexibility index (Phi) is 19.5. The van der Waals surface area contributed by atoms with Gasteiger partial charge < -0.3 is 0 Å². The molecule has 0 aromatic heterocycles. The summed E-state index contributed by atoms with van der Waals surface area (Å²) in [5, 5.41) is 2.69. The van der Waals surface area contributed by atoms with E-state index < -0.39 is 0 Å². The first kappa shape index (κ1) is 62.9. The predicted octanol–water partition coefficient (Wildman–Crippen LogP) is 23.3. The zero-order chi connectivity index (χ0) is 58.5. The highest BCUT2D eigenvalue weighted by Gasteiger charge is 2.24. The van der Waals surface area contributed by atoms with Crippen LogP contribution in [0.15, 0.2) is 182 Å². The van der Waals surface area contributed by atoms with Crippen molar-refractivity contribution in [2.24, 2.45) is 0 Å². The Morgan fingerprint density at radius 3 is 0.705 bits per heavy atom. The van der Waals surface area contributed by atoms with E-state index in [0.717, 1.165) is 0 Å². The Morgan fingerprint density at radius 1 is 0.179 bits per heavy atom.